The Morgan fingerprint density at radius 3 is 2.52 bits per heavy atom. The summed E-state index contributed by atoms with van der Waals surface area (Å²) in [5, 5.41) is 19.9. The second-order valence-electron chi connectivity index (χ2n) is 6.51. The van der Waals surface area contributed by atoms with Gasteiger partial charge in [0.1, 0.15) is 0 Å². The molecule has 0 radical (unpaired) electrons. The summed E-state index contributed by atoms with van der Waals surface area (Å²) >= 11 is 4.09. The number of rotatable bonds is 13. The number of nitrogens with zero attached hydrogens (tertiary/aromatic N) is 1. The third-order valence-corrected chi connectivity index (χ3v) is 4.71. The Balaban J connectivity index is 5.15. The minimum atomic E-state index is -1.56. The van der Waals surface area contributed by atoms with Crippen LogP contribution in [0.4, 0.5) is 0 Å². The fourth-order valence-corrected chi connectivity index (χ4v) is 2.24. The molecule has 0 fully saturated rings. The van der Waals surface area contributed by atoms with Gasteiger partial charge in [-0.25, -0.2) is 10.2 Å². The standard InChI is InChI=1S/C17H33N3O4S/c1-4-13(2)7-5-6-8-15(22)20(19-11-14(18)12-25)17(3,9-10-21)16(23)24/h5-6,13-14,19,21,25H,4,7-12,18H2,1-3H3,(H,23,24)/t13-,14+,17+/m0/s1. The van der Waals surface area contributed by atoms with E-state index in [4.69, 9.17) is 5.73 Å². The predicted molar refractivity (Wildman–Crippen MR) is 102 cm³/mol. The number of aliphatic hydroxyl groups excluding tert-OH is 1. The molecule has 146 valence electrons. The maximum Gasteiger partial charge on any atom is 0.331 e. The van der Waals surface area contributed by atoms with E-state index in [1.807, 2.05) is 6.08 Å². The minimum absolute atomic E-state index is 0.0772. The van der Waals surface area contributed by atoms with Crippen molar-refractivity contribution >= 4 is 24.5 Å². The molecule has 0 aromatic rings. The van der Waals surface area contributed by atoms with Gasteiger partial charge in [0.05, 0.1) is 0 Å². The number of hydrazine groups is 1. The van der Waals surface area contributed by atoms with Crippen molar-refractivity contribution in [2.45, 2.75) is 58.0 Å². The first-order valence-corrected chi connectivity index (χ1v) is 9.28. The predicted octanol–water partition coefficient (Wildman–Crippen LogP) is 1.18. The molecular weight excluding hydrogens is 342 g/mol. The quantitative estimate of drug-likeness (QED) is 0.188. The van der Waals surface area contributed by atoms with Crippen molar-refractivity contribution in [2.24, 2.45) is 11.7 Å². The SMILES string of the molecule is CC[C@H](C)CC=CCC(=O)N(NC[C@@H](N)CS)[C@](C)(CCO)C(=O)O. The molecule has 7 nitrogen and oxygen atoms in total. The molecule has 0 aliphatic carbocycles. The van der Waals surface area contributed by atoms with Crippen LogP contribution in [0.2, 0.25) is 0 Å². The third-order valence-electron chi connectivity index (χ3n) is 4.24. The number of carboxylic acid groups (broad SMARTS) is 1. The van der Waals surface area contributed by atoms with Crippen molar-refractivity contribution in [3.8, 4) is 0 Å². The Morgan fingerprint density at radius 1 is 1.40 bits per heavy atom. The van der Waals surface area contributed by atoms with Crippen LogP contribution in [0.1, 0.15) is 46.5 Å². The van der Waals surface area contributed by atoms with Crippen LogP contribution in [0.15, 0.2) is 12.2 Å². The maximum atomic E-state index is 12.6. The first-order valence-electron chi connectivity index (χ1n) is 8.65. The molecule has 0 aromatic heterocycles. The molecule has 5 N–H and O–H groups in total. The topological polar surface area (TPSA) is 116 Å². The summed E-state index contributed by atoms with van der Waals surface area (Å²) in [5.41, 5.74) is 7.06. The van der Waals surface area contributed by atoms with Gasteiger partial charge < -0.3 is 15.9 Å². The van der Waals surface area contributed by atoms with Gasteiger partial charge in [-0.3, -0.25) is 9.80 Å². The van der Waals surface area contributed by atoms with Gasteiger partial charge in [-0.2, -0.15) is 12.6 Å². The number of allylic oxidation sites excluding steroid dienone is 1. The molecule has 0 aliphatic rings. The van der Waals surface area contributed by atoms with Gasteiger partial charge in [-0.15, -0.1) is 0 Å². The van der Waals surface area contributed by atoms with E-state index in [0.717, 1.165) is 17.9 Å². The number of carboxylic acids is 1. The van der Waals surface area contributed by atoms with Gasteiger partial charge in [0, 0.05) is 37.8 Å². The molecule has 0 heterocycles. The Hall–Kier alpha value is -1.09. The molecule has 1 amide bonds. The van der Waals surface area contributed by atoms with Gasteiger partial charge in [-0.1, -0.05) is 32.4 Å². The van der Waals surface area contributed by atoms with Crippen molar-refractivity contribution in [3.63, 3.8) is 0 Å². The van der Waals surface area contributed by atoms with Crippen molar-refractivity contribution < 1.29 is 19.8 Å². The molecule has 8 heteroatoms. The lowest BCUT2D eigenvalue weighted by Gasteiger charge is -2.38. The zero-order valence-electron chi connectivity index (χ0n) is 15.4. The lowest BCUT2D eigenvalue weighted by Crippen LogP contribution is -2.62. The zero-order chi connectivity index (χ0) is 19.5. The monoisotopic (exact) mass is 375 g/mol. The minimum Gasteiger partial charge on any atom is -0.479 e. The largest absolute Gasteiger partial charge is 0.479 e. The third kappa shape index (κ3) is 8.22. The second kappa shape index (κ2) is 12.3. The Labute approximate surface area is 156 Å². The van der Waals surface area contributed by atoms with Crippen LogP contribution in [0.5, 0.6) is 0 Å². The molecule has 0 saturated heterocycles. The molecule has 0 aromatic carbocycles. The molecule has 0 rings (SSSR count). The van der Waals surface area contributed by atoms with E-state index in [9.17, 15) is 19.8 Å². The average Bonchev–Trinajstić information content (AvgIpc) is 2.58. The number of nitrogens with one attached hydrogen (secondary N) is 1. The number of carbonyl (C=O) groups excluding carboxylic acids is 1. The summed E-state index contributed by atoms with van der Waals surface area (Å²) in [7, 11) is 0. The van der Waals surface area contributed by atoms with Crippen LogP contribution in [0.3, 0.4) is 0 Å². The van der Waals surface area contributed by atoms with E-state index in [1.165, 1.54) is 6.92 Å². The Kier molecular flexibility index (Phi) is 11.8. The summed E-state index contributed by atoms with van der Waals surface area (Å²) in [4.78, 5) is 24.3. The molecule has 0 spiro atoms. The summed E-state index contributed by atoms with van der Waals surface area (Å²) in [6.07, 6.45) is 5.61. The number of amides is 1. The van der Waals surface area contributed by atoms with Crippen molar-refractivity contribution in [1.29, 1.82) is 0 Å². The molecule has 25 heavy (non-hydrogen) atoms. The zero-order valence-corrected chi connectivity index (χ0v) is 16.3. The molecule has 0 unspecified atom stereocenters. The van der Waals surface area contributed by atoms with E-state index < -0.39 is 11.5 Å². The normalized spacial score (nSPS) is 16.4. The fourth-order valence-electron chi connectivity index (χ4n) is 2.11. The van der Waals surface area contributed by atoms with Crippen LogP contribution in [-0.4, -0.2) is 57.6 Å². The summed E-state index contributed by atoms with van der Waals surface area (Å²) < 4.78 is 0. The van der Waals surface area contributed by atoms with Gasteiger partial charge in [-0.05, 0) is 19.3 Å². The molecule has 0 saturated carbocycles. The first-order chi connectivity index (χ1) is 11.7. The number of carbonyl (C=O) groups is 2. The van der Waals surface area contributed by atoms with Crippen LogP contribution in [-0.2, 0) is 9.59 Å². The van der Waals surface area contributed by atoms with Crippen LogP contribution < -0.4 is 11.2 Å². The maximum absolute atomic E-state index is 12.6. The highest BCUT2D eigenvalue weighted by molar-refractivity contribution is 7.80. The van der Waals surface area contributed by atoms with Gasteiger partial charge in [0.25, 0.3) is 0 Å². The smallest absolute Gasteiger partial charge is 0.331 e. The van der Waals surface area contributed by atoms with E-state index in [0.29, 0.717) is 11.7 Å². The molecular formula is C17H33N3O4S. The fraction of sp³-hybridized carbons (Fsp3) is 0.765. The summed E-state index contributed by atoms with van der Waals surface area (Å²) in [5.74, 6) is -0.642. The van der Waals surface area contributed by atoms with Crippen LogP contribution in [0, 0.1) is 5.92 Å². The second-order valence-corrected chi connectivity index (χ2v) is 6.88. The Morgan fingerprint density at radius 2 is 2.04 bits per heavy atom. The molecule has 3 atom stereocenters. The van der Waals surface area contributed by atoms with E-state index in [-0.39, 0.29) is 37.9 Å². The number of hydrogen-bond acceptors (Lipinski definition) is 6. The van der Waals surface area contributed by atoms with Gasteiger partial charge >= 0.3 is 5.97 Å². The molecule has 0 aliphatic heterocycles. The van der Waals surface area contributed by atoms with Crippen LogP contribution >= 0.6 is 12.6 Å². The summed E-state index contributed by atoms with van der Waals surface area (Å²) in [6, 6.07) is -0.327. The lowest BCUT2D eigenvalue weighted by molar-refractivity contribution is -0.163. The van der Waals surface area contributed by atoms with Crippen molar-refractivity contribution in [1.82, 2.24) is 10.4 Å². The number of thiol groups is 1. The van der Waals surface area contributed by atoms with E-state index in [1.54, 1.807) is 6.08 Å². The highest BCUT2D eigenvalue weighted by Gasteiger charge is 2.42. The highest BCUT2D eigenvalue weighted by atomic mass is 32.1. The number of hydrogen-bond donors (Lipinski definition) is 5. The highest BCUT2D eigenvalue weighted by Crippen LogP contribution is 2.19. The number of aliphatic carboxylic acids is 1. The van der Waals surface area contributed by atoms with E-state index >= 15 is 0 Å². The van der Waals surface area contributed by atoms with Crippen molar-refractivity contribution in [3.05, 3.63) is 12.2 Å². The number of aliphatic hydroxyl groups is 1. The average molecular weight is 376 g/mol. The molecule has 0 bridgehead atoms. The lowest BCUT2D eigenvalue weighted by atomic mass is 9.97. The Bertz CT molecular complexity index is 448. The first kappa shape index (κ1) is 23.9. The van der Waals surface area contributed by atoms with E-state index in [2.05, 4.69) is 31.9 Å². The van der Waals surface area contributed by atoms with Crippen molar-refractivity contribution in [2.75, 3.05) is 18.9 Å². The number of nitrogens with two attached hydrogens (primary N) is 1. The van der Waals surface area contributed by atoms with Gasteiger partial charge in [0.2, 0.25) is 5.91 Å². The van der Waals surface area contributed by atoms with Crippen LogP contribution in [0.25, 0.3) is 0 Å². The summed E-state index contributed by atoms with van der Waals surface area (Å²) in [6.45, 7) is 5.50. The van der Waals surface area contributed by atoms with Gasteiger partial charge in [0.15, 0.2) is 5.54 Å².